The first kappa shape index (κ1) is 18.7. The van der Waals surface area contributed by atoms with Gasteiger partial charge in [0, 0.05) is 13.7 Å². The number of halogens is 5. The smallest absolute Gasteiger partial charge is 0.287 e. The van der Waals surface area contributed by atoms with Gasteiger partial charge in [-0.2, -0.15) is 8.78 Å². The van der Waals surface area contributed by atoms with Crippen LogP contribution in [0.3, 0.4) is 0 Å². The summed E-state index contributed by atoms with van der Waals surface area (Å²) in [6.07, 6.45) is 0. The first-order valence-corrected chi connectivity index (χ1v) is 6.86. The van der Waals surface area contributed by atoms with E-state index in [2.05, 4.69) is 10.1 Å². The lowest BCUT2D eigenvalue weighted by atomic mass is 10.2. The van der Waals surface area contributed by atoms with E-state index >= 15 is 0 Å². The lowest BCUT2D eigenvalue weighted by Crippen LogP contribution is -2.26. The van der Waals surface area contributed by atoms with Crippen LogP contribution in [0, 0.1) is 29.1 Å². The highest BCUT2D eigenvalue weighted by Gasteiger charge is 2.27. The molecule has 0 radical (unpaired) electrons. The van der Waals surface area contributed by atoms with E-state index in [0.717, 1.165) is 0 Å². The first-order valence-electron chi connectivity index (χ1n) is 6.86. The number of carbonyl (C=O) groups is 1. The molecule has 1 amide bonds. The third kappa shape index (κ3) is 4.08. The zero-order chi connectivity index (χ0) is 18.6. The Balaban J connectivity index is 2.07. The van der Waals surface area contributed by atoms with E-state index in [1.165, 1.54) is 19.2 Å². The van der Waals surface area contributed by atoms with Gasteiger partial charge in [-0.15, -0.1) is 0 Å². The highest BCUT2D eigenvalue weighted by atomic mass is 19.2. The van der Waals surface area contributed by atoms with Crippen LogP contribution < -0.4 is 10.1 Å². The van der Waals surface area contributed by atoms with E-state index in [0.29, 0.717) is 0 Å². The summed E-state index contributed by atoms with van der Waals surface area (Å²) in [5.41, 5.74) is 0. The standard InChI is InChI=1S/C15H12F5NO4/c1-23-5-4-21-15(22)8-3-2-7(25-8)6-24-14-12(19)10(17)9(16)11(18)13(14)20/h2-3H,4-6H2,1H3,(H,21,22). The van der Waals surface area contributed by atoms with Gasteiger partial charge >= 0.3 is 0 Å². The van der Waals surface area contributed by atoms with Crippen LogP contribution in [-0.4, -0.2) is 26.2 Å². The Bertz CT molecular complexity index is 749. The molecular weight excluding hydrogens is 353 g/mol. The SMILES string of the molecule is COCCNC(=O)c1ccc(COc2c(F)c(F)c(F)c(F)c2F)o1. The Labute approximate surface area is 138 Å². The lowest BCUT2D eigenvalue weighted by Gasteiger charge is -2.09. The van der Waals surface area contributed by atoms with E-state index in [9.17, 15) is 26.7 Å². The molecule has 0 aliphatic carbocycles. The minimum atomic E-state index is -2.28. The van der Waals surface area contributed by atoms with Crippen LogP contribution >= 0.6 is 0 Å². The van der Waals surface area contributed by atoms with Gasteiger partial charge in [-0.1, -0.05) is 0 Å². The summed E-state index contributed by atoms with van der Waals surface area (Å²) < 4.78 is 80.4. The molecule has 0 saturated heterocycles. The fraction of sp³-hybridized carbons (Fsp3) is 0.267. The maximum absolute atomic E-state index is 13.5. The fourth-order valence-corrected chi connectivity index (χ4v) is 1.79. The molecule has 1 heterocycles. The summed E-state index contributed by atoms with van der Waals surface area (Å²) >= 11 is 0. The van der Waals surface area contributed by atoms with Gasteiger partial charge in [0.1, 0.15) is 12.4 Å². The summed E-state index contributed by atoms with van der Waals surface area (Å²) in [6, 6.07) is 2.52. The molecule has 0 aliphatic rings. The predicted molar refractivity (Wildman–Crippen MR) is 73.5 cm³/mol. The van der Waals surface area contributed by atoms with Crippen molar-refractivity contribution >= 4 is 5.91 Å². The van der Waals surface area contributed by atoms with Gasteiger partial charge < -0.3 is 19.2 Å². The summed E-state index contributed by atoms with van der Waals surface area (Å²) in [5, 5.41) is 2.47. The Kier molecular flexibility index (Phi) is 5.97. The summed E-state index contributed by atoms with van der Waals surface area (Å²) in [7, 11) is 1.45. The minimum Gasteiger partial charge on any atom is -0.479 e. The maximum Gasteiger partial charge on any atom is 0.287 e. The number of carbonyl (C=O) groups excluding carboxylic acids is 1. The van der Waals surface area contributed by atoms with Crippen molar-refractivity contribution in [3.05, 3.63) is 52.7 Å². The van der Waals surface area contributed by atoms with Crippen molar-refractivity contribution in [3.63, 3.8) is 0 Å². The number of ether oxygens (including phenoxy) is 2. The normalized spacial score (nSPS) is 10.8. The van der Waals surface area contributed by atoms with Crippen molar-refractivity contribution < 1.29 is 40.6 Å². The molecule has 0 fully saturated rings. The van der Waals surface area contributed by atoms with Gasteiger partial charge in [0.25, 0.3) is 5.91 Å². The van der Waals surface area contributed by atoms with E-state index < -0.39 is 47.3 Å². The number of amides is 1. The van der Waals surface area contributed by atoms with Crippen LogP contribution in [0.4, 0.5) is 22.0 Å². The van der Waals surface area contributed by atoms with Crippen LogP contribution in [0.15, 0.2) is 16.5 Å². The molecule has 1 N–H and O–H groups in total. The van der Waals surface area contributed by atoms with E-state index in [1.54, 1.807) is 0 Å². The van der Waals surface area contributed by atoms with Crippen LogP contribution in [0.2, 0.25) is 0 Å². The Morgan fingerprint density at radius 2 is 1.64 bits per heavy atom. The number of furan rings is 1. The molecule has 1 aromatic heterocycles. The van der Waals surface area contributed by atoms with Crippen molar-refractivity contribution in [1.82, 2.24) is 5.32 Å². The second kappa shape index (κ2) is 7.97. The zero-order valence-corrected chi connectivity index (χ0v) is 12.8. The van der Waals surface area contributed by atoms with Gasteiger partial charge in [0.05, 0.1) is 6.61 Å². The predicted octanol–water partition coefficient (Wildman–Crippen LogP) is 2.93. The molecule has 0 saturated carbocycles. The maximum atomic E-state index is 13.5. The van der Waals surface area contributed by atoms with Crippen molar-refractivity contribution in [3.8, 4) is 5.75 Å². The van der Waals surface area contributed by atoms with E-state index in [1.807, 2.05) is 0 Å². The van der Waals surface area contributed by atoms with Gasteiger partial charge in [-0.25, -0.2) is 13.2 Å². The van der Waals surface area contributed by atoms with E-state index in [-0.39, 0.29) is 24.7 Å². The van der Waals surface area contributed by atoms with Gasteiger partial charge in [0.15, 0.2) is 11.5 Å². The molecule has 136 valence electrons. The summed E-state index contributed by atoms with van der Waals surface area (Å²) in [5.74, 6) is -12.9. The molecule has 1 aromatic carbocycles. The Morgan fingerprint density at radius 1 is 1.04 bits per heavy atom. The molecule has 0 atom stereocenters. The topological polar surface area (TPSA) is 60.7 Å². The largest absolute Gasteiger partial charge is 0.479 e. The average molecular weight is 365 g/mol. The molecule has 0 spiro atoms. The van der Waals surface area contributed by atoms with Crippen LogP contribution in [-0.2, 0) is 11.3 Å². The van der Waals surface area contributed by atoms with E-state index in [4.69, 9.17) is 9.15 Å². The van der Waals surface area contributed by atoms with Crippen molar-refractivity contribution in [1.29, 1.82) is 0 Å². The summed E-state index contributed by atoms with van der Waals surface area (Å²) in [4.78, 5) is 11.7. The molecule has 0 bridgehead atoms. The third-order valence-corrected chi connectivity index (χ3v) is 3.01. The Morgan fingerprint density at radius 3 is 2.24 bits per heavy atom. The number of benzene rings is 1. The van der Waals surface area contributed by atoms with Crippen LogP contribution in [0.5, 0.6) is 5.75 Å². The monoisotopic (exact) mass is 365 g/mol. The molecule has 25 heavy (non-hydrogen) atoms. The highest BCUT2D eigenvalue weighted by molar-refractivity contribution is 5.91. The quantitative estimate of drug-likeness (QED) is 0.355. The number of hydrogen-bond acceptors (Lipinski definition) is 4. The molecule has 0 unspecified atom stereocenters. The number of nitrogens with one attached hydrogen (secondary N) is 1. The third-order valence-electron chi connectivity index (χ3n) is 3.01. The van der Waals surface area contributed by atoms with Crippen molar-refractivity contribution in [2.24, 2.45) is 0 Å². The second-order valence-electron chi connectivity index (χ2n) is 4.70. The fourth-order valence-electron chi connectivity index (χ4n) is 1.79. The highest BCUT2D eigenvalue weighted by Crippen LogP contribution is 2.29. The molecule has 2 aromatic rings. The van der Waals surface area contributed by atoms with Crippen molar-refractivity contribution in [2.45, 2.75) is 6.61 Å². The number of hydrogen-bond donors (Lipinski definition) is 1. The van der Waals surface area contributed by atoms with Crippen LogP contribution in [0.1, 0.15) is 16.3 Å². The zero-order valence-electron chi connectivity index (χ0n) is 12.8. The summed E-state index contributed by atoms with van der Waals surface area (Å²) in [6.45, 7) is -0.140. The Hall–Kier alpha value is -2.62. The minimum absolute atomic E-state index is 0.0548. The molecule has 0 aliphatic heterocycles. The number of methoxy groups -OCH3 is 1. The van der Waals surface area contributed by atoms with Crippen LogP contribution in [0.25, 0.3) is 0 Å². The lowest BCUT2D eigenvalue weighted by molar-refractivity contribution is 0.0905. The first-order chi connectivity index (χ1) is 11.9. The molecule has 5 nitrogen and oxygen atoms in total. The molecular formula is C15H12F5NO4. The second-order valence-corrected chi connectivity index (χ2v) is 4.70. The van der Waals surface area contributed by atoms with Gasteiger partial charge in [-0.3, -0.25) is 4.79 Å². The van der Waals surface area contributed by atoms with Gasteiger partial charge in [-0.05, 0) is 12.1 Å². The average Bonchev–Trinajstić information content (AvgIpc) is 3.07. The molecule has 10 heteroatoms. The van der Waals surface area contributed by atoms with Gasteiger partial charge in [0.2, 0.25) is 29.1 Å². The number of rotatable bonds is 7. The van der Waals surface area contributed by atoms with Crippen molar-refractivity contribution in [2.75, 3.05) is 20.3 Å². The molecule has 2 rings (SSSR count).